The maximum atomic E-state index is 10.9. The number of carbonyl (C=O) groups is 1. The average molecular weight is 213 g/mol. The van der Waals surface area contributed by atoms with Gasteiger partial charge in [0.2, 0.25) is 5.22 Å². The van der Waals surface area contributed by atoms with E-state index in [4.69, 9.17) is 27.9 Å². The third kappa shape index (κ3) is 3.83. The van der Waals surface area contributed by atoms with Gasteiger partial charge in [0.25, 0.3) is 0 Å². The lowest BCUT2D eigenvalue weighted by atomic mass is 10.6. The minimum Gasteiger partial charge on any atom is -0.482 e. The van der Waals surface area contributed by atoms with Crippen LogP contribution in [0.4, 0.5) is 0 Å². The molecule has 0 amide bonds. The van der Waals surface area contributed by atoms with Gasteiger partial charge in [-0.2, -0.15) is 0 Å². The quantitative estimate of drug-likeness (QED) is 0.408. The van der Waals surface area contributed by atoms with Crippen LogP contribution >= 0.6 is 23.2 Å². The highest BCUT2D eigenvalue weighted by Crippen LogP contribution is 2.16. The summed E-state index contributed by atoms with van der Waals surface area (Å²) >= 11 is 11.0. The first kappa shape index (κ1) is 11.6. The molecule has 12 heavy (non-hydrogen) atoms. The Morgan fingerprint density at radius 2 is 1.67 bits per heavy atom. The first-order valence-electron chi connectivity index (χ1n) is 3.48. The topological polar surface area (TPSA) is 35.5 Å². The third-order valence-electron chi connectivity index (χ3n) is 0.898. The van der Waals surface area contributed by atoms with Crippen molar-refractivity contribution in [3.8, 4) is 0 Å². The van der Waals surface area contributed by atoms with Gasteiger partial charge < -0.3 is 9.47 Å². The van der Waals surface area contributed by atoms with E-state index in [1.807, 2.05) is 0 Å². The Hall–Kier alpha value is -0.410. The Morgan fingerprint density at radius 1 is 1.17 bits per heavy atom. The zero-order valence-electron chi connectivity index (χ0n) is 6.89. The van der Waals surface area contributed by atoms with Gasteiger partial charge in [-0.25, -0.2) is 4.79 Å². The molecule has 0 fully saturated rings. The summed E-state index contributed by atoms with van der Waals surface area (Å²) in [5.41, 5.74) is 0. The zero-order chi connectivity index (χ0) is 9.56. The molecule has 3 nitrogen and oxygen atoms in total. The van der Waals surface area contributed by atoms with Crippen LogP contribution in [0.15, 0.2) is 10.3 Å². The molecule has 0 radical (unpaired) electrons. The first-order chi connectivity index (χ1) is 5.63. The van der Waals surface area contributed by atoms with Gasteiger partial charge in [-0.3, -0.25) is 0 Å². The van der Waals surface area contributed by atoms with Crippen molar-refractivity contribution >= 4 is 29.2 Å². The fraction of sp³-hybridized carbons (Fsp3) is 0.571. The number of carbonyl (C=O) groups excluding carboxylic acids is 1. The van der Waals surface area contributed by atoms with E-state index < -0.39 is 5.97 Å². The Balaban J connectivity index is 4.22. The second kappa shape index (κ2) is 6.14. The van der Waals surface area contributed by atoms with Crippen LogP contribution < -0.4 is 0 Å². The zero-order valence-corrected chi connectivity index (χ0v) is 8.41. The van der Waals surface area contributed by atoms with E-state index in [1.165, 1.54) is 0 Å². The lowest BCUT2D eigenvalue weighted by Gasteiger charge is -2.03. The van der Waals surface area contributed by atoms with Crippen molar-refractivity contribution in [3.63, 3.8) is 0 Å². The summed E-state index contributed by atoms with van der Waals surface area (Å²) < 4.78 is 9.36. The number of hydrogen-bond donors (Lipinski definition) is 0. The summed E-state index contributed by atoms with van der Waals surface area (Å²) in [6, 6.07) is 0. The predicted molar refractivity (Wildman–Crippen MR) is 47.0 cm³/mol. The van der Waals surface area contributed by atoms with E-state index in [9.17, 15) is 4.79 Å². The summed E-state index contributed by atoms with van der Waals surface area (Å²) in [6.07, 6.45) is 0. The van der Waals surface area contributed by atoms with E-state index in [0.717, 1.165) is 0 Å². The maximum Gasteiger partial charge on any atom is 0.354 e. The molecule has 0 saturated heterocycles. The van der Waals surface area contributed by atoms with Gasteiger partial charge in [0.05, 0.1) is 13.2 Å². The van der Waals surface area contributed by atoms with Crippen LogP contribution in [0.2, 0.25) is 0 Å². The number of hydrogen-bond acceptors (Lipinski definition) is 3. The molecule has 0 spiro atoms. The second-order valence-electron chi connectivity index (χ2n) is 1.74. The molecule has 0 aliphatic heterocycles. The minimum absolute atomic E-state index is 0.127. The van der Waals surface area contributed by atoms with E-state index in [2.05, 4.69) is 4.74 Å². The highest BCUT2D eigenvalue weighted by Gasteiger charge is 2.13. The molecule has 0 aliphatic rings. The van der Waals surface area contributed by atoms with Gasteiger partial charge in [0.1, 0.15) is 0 Å². The normalized spacial score (nSPS) is 12.0. The van der Waals surface area contributed by atoms with Crippen molar-refractivity contribution < 1.29 is 14.3 Å². The maximum absolute atomic E-state index is 10.9. The van der Waals surface area contributed by atoms with Crippen LogP contribution in [0.5, 0.6) is 0 Å². The molecule has 0 heterocycles. The molecule has 0 saturated carbocycles. The van der Waals surface area contributed by atoms with Crippen LogP contribution in [0, 0.1) is 0 Å². The largest absolute Gasteiger partial charge is 0.482 e. The average Bonchev–Trinajstić information content (AvgIpc) is 2.04. The fourth-order valence-electron chi connectivity index (χ4n) is 0.465. The molecule has 0 aromatic carbocycles. The summed E-state index contributed by atoms with van der Waals surface area (Å²) in [5, 5.41) is -0.349. The van der Waals surface area contributed by atoms with Crippen LogP contribution in [-0.2, 0) is 14.3 Å². The molecule has 0 unspecified atom stereocenters. The molecule has 0 aromatic heterocycles. The molecule has 0 rings (SSSR count). The van der Waals surface area contributed by atoms with Crippen molar-refractivity contribution in [3.05, 3.63) is 10.3 Å². The van der Waals surface area contributed by atoms with E-state index >= 15 is 0 Å². The van der Waals surface area contributed by atoms with Crippen molar-refractivity contribution in [1.29, 1.82) is 0 Å². The molecule has 0 aliphatic carbocycles. The number of halogens is 2. The summed E-state index contributed by atoms with van der Waals surface area (Å²) in [4.78, 5) is 10.9. The van der Waals surface area contributed by atoms with Gasteiger partial charge in [-0.15, -0.1) is 0 Å². The molecule has 0 aromatic rings. The van der Waals surface area contributed by atoms with Gasteiger partial charge >= 0.3 is 5.97 Å². The predicted octanol–water partition coefficient (Wildman–Crippen LogP) is 2.23. The Bertz CT molecular complexity index is 189. The monoisotopic (exact) mass is 212 g/mol. The Morgan fingerprint density at radius 3 is 2.08 bits per heavy atom. The van der Waals surface area contributed by atoms with Crippen molar-refractivity contribution in [2.24, 2.45) is 0 Å². The van der Waals surface area contributed by atoms with Gasteiger partial charge in [-0.1, -0.05) is 11.6 Å². The van der Waals surface area contributed by atoms with Crippen molar-refractivity contribution in [2.45, 2.75) is 13.8 Å². The van der Waals surface area contributed by atoms with Crippen molar-refractivity contribution in [1.82, 2.24) is 0 Å². The van der Waals surface area contributed by atoms with Crippen LogP contribution in [0.3, 0.4) is 0 Å². The number of rotatable bonds is 4. The summed E-state index contributed by atoms with van der Waals surface area (Å²) in [6.45, 7) is 4.02. The standard InChI is InChI=1S/C7H10Cl2O3/c1-3-11-6(9)5(8)7(10)12-4-2/h3-4H2,1-2H3/b6-5+. The SMILES string of the molecule is CCOC(=O)/C(Cl)=C(/Cl)OCC. The Labute approximate surface area is 81.2 Å². The van der Waals surface area contributed by atoms with Crippen molar-refractivity contribution in [2.75, 3.05) is 13.2 Å². The lowest BCUT2D eigenvalue weighted by Crippen LogP contribution is -2.05. The van der Waals surface area contributed by atoms with E-state index in [1.54, 1.807) is 13.8 Å². The fourth-order valence-corrected chi connectivity index (χ4v) is 0.760. The van der Waals surface area contributed by atoms with Crippen LogP contribution in [-0.4, -0.2) is 19.2 Å². The highest BCUT2D eigenvalue weighted by molar-refractivity contribution is 6.46. The Kier molecular flexibility index (Phi) is 5.93. The van der Waals surface area contributed by atoms with Gasteiger partial charge in [0.15, 0.2) is 5.03 Å². The molecule has 0 bridgehead atoms. The van der Waals surface area contributed by atoms with Crippen LogP contribution in [0.25, 0.3) is 0 Å². The van der Waals surface area contributed by atoms with Gasteiger partial charge in [-0.05, 0) is 25.4 Å². The number of esters is 1. The number of ether oxygens (including phenoxy) is 2. The smallest absolute Gasteiger partial charge is 0.354 e. The third-order valence-corrected chi connectivity index (χ3v) is 1.62. The van der Waals surface area contributed by atoms with E-state index in [-0.39, 0.29) is 16.9 Å². The molecule has 70 valence electrons. The lowest BCUT2D eigenvalue weighted by molar-refractivity contribution is -0.137. The summed E-state index contributed by atoms with van der Waals surface area (Å²) in [5.74, 6) is -0.669. The summed E-state index contributed by atoms with van der Waals surface area (Å²) in [7, 11) is 0. The second-order valence-corrected chi connectivity index (χ2v) is 2.46. The molecular weight excluding hydrogens is 203 g/mol. The van der Waals surface area contributed by atoms with Crippen LogP contribution in [0.1, 0.15) is 13.8 Å². The minimum atomic E-state index is -0.669. The van der Waals surface area contributed by atoms with E-state index in [0.29, 0.717) is 6.61 Å². The van der Waals surface area contributed by atoms with Gasteiger partial charge in [0, 0.05) is 0 Å². The molecular formula is C7H10Cl2O3. The molecule has 0 N–H and O–H groups in total. The molecule has 0 atom stereocenters. The highest BCUT2D eigenvalue weighted by atomic mass is 35.5. The molecule has 5 heteroatoms. The first-order valence-corrected chi connectivity index (χ1v) is 4.24.